The number of benzene rings is 2. The molecule has 28 heavy (non-hydrogen) atoms. The number of ether oxygens (including phenoxy) is 1. The molecule has 2 aromatic heterocycles. The summed E-state index contributed by atoms with van der Waals surface area (Å²) in [6.45, 7) is 0. The first-order valence-corrected chi connectivity index (χ1v) is 9.25. The first-order valence-electron chi connectivity index (χ1n) is 8.37. The van der Waals surface area contributed by atoms with Crippen LogP contribution in [-0.4, -0.2) is 27.8 Å². The third-order valence-corrected chi connectivity index (χ3v) is 4.84. The largest absolute Gasteiger partial charge is 0.495 e. The number of carbonyl (C=O) groups excluding carboxylic acids is 1. The number of thiophene rings is 1. The van der Waals surface area contributed by atoms with Gasteiger partial charge >= 0.3 is 0 Å². The van der Waals surface area contributed by atoms with Gasteiger partial charge in [-0.25, -0.2) is 14.1 Å². The average molecular weight is 394 g/mol. The Labute approximate surface area is 164 Å². The van der Waals surface area contributed by atoms with Crippen molar-refractivity contribution < 1.29 is 13.9 Å². The molecule has 2 heterocycles. The highest BCUT2D eigenvalue weighted by molar-refractivity contribution is 7.13. The lowest BCUT2D eigenvalue weighted by Crippen LogP contribution is -2.15. The van der Waals surface area contributed by atoms with Crippen LogP contribution in [0.1, 0.15) is 10.6 Å². The van der Waals surface area contributed by atoms with Crippen molar-refractivity contribution in [3.63, 3.8) is 0 Å². The minimum absolute atomic E-state index is 0.00127. The lowest BCUT2D eigenvalue weighted by molar-refractivity contribution is 0.101. The molecule has 0 saturated heterocycles. The lowest BCUT2D eigenvalue weighted by atomic mass is 10.3. The molecule has 6 nitrogen and oxygen atoms in total. The van der Waals surface area contributed by atoms with E-state index in [4.69, 9.17) is 4.74 Å². The van der Waals surface area contributed by atoms with E-state index >= 15 is 0 Å². The number of hydrogen-bond donors (Lipinski definition) is 1. The number of anilines is 1. The predicted molar refractivity (Wildman–Crippen MR) is 106 cm³/mol. The van der Waals surface area contributed by atoms with Crippen LogP contribution in [0.5, 0.6) is 5.75 Å². The summed E-state index contributed by atoms with van der Waals surface area (Å²) in [7, 11) is 1.53. The summed E-state index contributed by atoms with van der Waals surface area (Å²) in [4.78, 5) is 18.0. The second-order valence-corrected chi connectivity index (χ2v) is 6.73. The zero-order chi connectivity index (χ0) is 19.5. The molecule has 4 aromatic rings. The normalized spacial score (nSPS) is 10.6. The van der Waals surface area contributed by atoms with Crippen molar-refractivity contribution in [3.05, 3.63) is 77.7 Å². The monoisotopic (exact) mass is 394 g/mol. The molecule has 0 fully saturated rings. The van der Waals surface area contributed by atoms with E-state index in [1.807, 2.05) is 23.6 Å². The van der Waals surface area contributed by atoms with Crippen LogP contribution in [-0.2, 0) is 0 Å². The van der Waals surface area contributed by atoms with Gasteiger partial charge in [0.05, 0.1) is 23.4 Å². The number of nitrogens with one attached hydrogen (secondary N) is 1. The fourth-order valence-corrected chi connectivity index (χ4v) is 3.36. The van der Waals surface area contributed by atoms with Gasteiger partial charge in [-0.2, -0.15) is 0 Å². The third-order valence-electron chi connectivity index (χ3n) is 3.98. The minimum atomic E-state index is -0.469. The quantitative estimate of drug-likeness (QED) is 0.545. The summed E-state index contributed by atoms with van der Waals surface area (Å²) in [5.41, 5.74) is 1.12. The number of halogens is 1. The Hall–Kier alpha value is -3.52. The van der Waals surface area contributed by atoms with Crippen LogP contribution in [0.15, 0.2) is 66.0 Å². The van der Waals surface area contributed by atoms with Crippen molar-refractivity contribution in [1.29, 1.82) is 0 Å². The number of nitrogens with zero attached hydrogens (tertiary/aromatic N) is 3. The first-order chi connectivity index (χ1) is 13.7. The molecule has 8 heteroatoms. The van der Waals surface area contributed by atoms with Crippen molar-refractivity contribution in [2.75, 3.05) is 12.4 Å². The molecular weight excluding hydrogens is 379 g/mol. The van der Waals surface area contributed by atoms with Crippen LogP contribution in [0.25, 0.3) is 16.4 Å². The van der Waals surface area contributed by atoms with E-state index in [2.05, 4.69) is 15.4 Å². The van der Waals surface area contributed by atoms with E-state index in [0.717, 1.165) is 4.88 Å². The summed E-state index contributed by atoms with van der Waals surface area (Å²) in [6.07, 6.45) is 0. The molecule has 0 unspecified atom stereocenters. The van der Waals surface area contributed by atoms with Crippen LogP contribution >= 0.6 is 11.3 Å². The second kappa shape index (κ2) is 7.61. The van der Waals surface area contributed by atoms with E-state index in [1.165, 1.54) is 35.3 Å². The Morgan fingerprint density at radius 2 is 1.89 bits per heavy atom. The van der Waals surface area contributed by atoms with Gasteiger partial charge in [0.2, 0.25) is 5.82 Å². The summed E-state index contributed by atoms with van der Waals surface area (Å²) in [6, 6.07) is 16.7. The predicted octanol–water partition coefficient (Wildman–Crippen LogP) is 4.40. The van der Waals surface area contributed by atoms with Crippen molar-refractivity contribution in [1.82, 2.24) is 14.8 Å². The molecule has 1 amide bonds. The summed E-state index contributed by atoms with van der Waals surface area (Å²) in [5.74, 6) is 0.219. The Morgan fingerprint density at radius 1 is 1.11 bits per heavy atom. The number of hydrogen-bond acceptors (Lipinski definition) is 5. The van der Waals surface area contributed by atoms with E-state index < -0.39 is 5.91 Å². The van der Waals surface area contributed by atoms with E-state index in [0.29, 0.717) is 22.9 Å². The fourth-order valence-electron chi connectivity index (χ4n) is 2.66. The topological polar surface area (TPSA) is 69.0 Å². The molecule has 0 aliphatic rings. The first kappa shape index (κ1) is 17.9. The average Bonchev–Trinajstić information content (AvgIpc) is 3.39. The molecule has 2 aromatic carbocycles. The molecule has 0 bridgehead atoms. The lowest BCUT2D eigenvalue weighted by Gasteiger charge is -2.07. The summed E-state index contributed by atoms with van der Waals surface area (Å²) in [5, 5.41) is 9.03. The highest BCUT2D eigenvalue weighted by Crippen LogP contribution is 2.27. The highest BCUT2D eigenvalue weighted by atomic mass is 32.1. The van der Waals surface area contributed by atoms with Crippen LogP contribution in [0, 0.1) is 5.82 Å². The fraction of sp³-hybridized carbons (Fsp3) is 0.0500. The number of methoxy groups -OCH3 is 1. The molecule has 0 saturated carbocycles. The van der Waals surface area contributed by atoms with E-state index in [1.54, 1.807) is 30.3 Å². The van der Waals surface area contributed by atoms with Crippen LogP contribution in [0.2, 0.25) is 0 Å². The van der Waals surface area contributed by atoms with E-state index in [-0.39, 0.29) is 11.6 Å². The van der Waals surface area contributed by atoms with Gasteiger partial charge in [0, 0.05) is 0 Å². The Balaban J connectivity index is 1.73. The number of para-hydroxylation sites is 2. The van der Waals surface area contributed by atoms with Gasteiger partial charge in [0.15, 0.2) is 5.82 Å². The molecule has 0 spiro atoms. The van der Waals surface area contributed by atoms with Crippen LogP contribution in [0.3, 0.4) is 0 Å². The highest BCUT2D eigenvalue weighted by Gasteiger charge is 2.20. The SMILES string of the molecule is COc1ccccc1NC(=O)c1nc(-c2cccs2)n(-c2ccc(F)cc2)n1. The molecule has 0 aliphatic carbocycles. The Bertz CT molecular complexity index is 1110. The zero-order valence-corrected chi connectivity index (χ0v) is 15.6. The number of carbonyl (C=O) groups is 1. The molecular formula is C20H15FN4O2S. The number of amides is 1. The molecule has 0 radical (unpaired) electrons. The van der Waals surface area contributed by atoms with Gasteiger partial charge in [0.1, 0.15) is 11.6 Å². The van der Waals surface area contributed by atoms with Gasteiger partial charge < -0.3 is 10.1 Å². The van der Waals surface area contributed by atoms with Crippen molar-refractivity contribution in [3.8, 4) is 22.1 Å². The maximum absolute atomic E-state index is 13.3. The smallest absolute Gasteiger partial charge is 0.295 e. The number of aromatic nitrogens is 3. The van der Waals surface area contributed by atoms with Gasteiger partial charge in [-0.15, -0.1) is 16.4 Å². The van der Waals surface area contributed by atoms with E-state index in [9.17, 15) is 9.18 Å². The molecule has 0 aliphatic heterocycles. The van der Waals surface area contributed by atoms with Gasteiger partial charge in [-0.3, -0.25) is 4.79 Å². The van der Waals surface area contributed by atoms with Crippen LogP contribution < -0.4 is 10.1 Å². The summed E-state index contributed by atoms with van der Waals surface area (Å²) < 4.78 is 20.1. The minimum Gasteiger partial charge on any atom is -0.495 e. The van der Waals surface area contributed by atoms with Crippen molar-refractivity contribution in [2.45, 2.75) is 0 Å². The third kappa shape index (κ3) is 3.49. The molecule has 140 valence electrons. The Kier molecular flexibility index (Phi) is 4.86. The summed E-state index contributed by atoms with van der Waals surface area (Å²) >= 11 is 1.47. The van der Waals surface area contributed by atoms with Gasteiger partial charge in [-0.1, -0.05) is 18.2 Å². The molecule has 4 rings (SSSR count). The maximum Gasteiger partial charge on any atom is 0.295 e. The van der Waals surface area contributed by atoms with Crippen LogP contribution in [0.4, 0.5) is 10.1 Å². The maximum atomic E-state index is 13.3. The number of rotatable bonds is 5. The molecule has 0 atom stereocenters. The molecule has 1 N–H and O–H groups in total. The zero-order valence-electron chi connectivity index (χ0n) is 14.8. The van der Waals surface area contributed by atoms with Crippen molar-refractivity contribution in [2.24, 2.45) is 0 Å². The van der Waals surface area contributed by atoms with Gasteiger partial charge in [-0.05, 0) is 47.8 Å². The second-order valence-electron chi connectivity index (χ2n) is 5.78. The standard InChI is InChI=1S/C20H15FN4O2S/c1-27-16-6-3-2-5-15(16)22-20(26)18-23-19(17-7-4-12-28-17)25(24-18)14-10-8-13(21)9-11-14/h2-12H,1H3,(H,22,26). The van der Waals surface area contributed by atoms with Gasteiger partial charge in [0.25, 0.3) is 5.91 Å². The Morgan fingerprint density at radius 3 is 2.61 bits per heavy atom. The van der Waals surface area contributed by atoms with Crippen molar-refractivity contribution >= 4 is 22.9 Å².